The minimum absolute atomic E-state index is 0.0692. The van der Waals surface area contributed by atoms with Crippen molar-refractivity contribution < 1.29 is 14.3 Å². The Labute approximate surface area is 132 Å². The molecular weight excluding hydrogens is 336 g/mol. The van der Waals surface area contributed by atoms with Crippen molar-refractivity contribution in [3.8, 4) is 5.75 Å². The molecule has 1 aromatic rings. The van der Waals surface area contributed by atoms with E-state index in [1.807, 2.05) is 0 Å². The van der Waals surface area contributed by atoms with Crippen LogP contribution in [0, 0.1) is 5.92 Å². The molecule has 0 aromatic heterocycles. The van der Waals surface area contributed by atoms with Crippen molar-refractivity contribution in [2.24, 2.45) is 5.92 Å². The Bertz CT molecular complexity index is 548. The number of benzene rings is 1. The van der Waals surface area contributed by atoms with Crippen molar-refractivity contribution in [2.45, 2.75) is 19.8 Å². The lowest BCUT2D eigenvalue weighted by Crippen LogP contribution is -2.26. The van der Waals surface area contributed by atoms with E-state index in [0.29, 0.717) is 42.4 Å². The van der Waals surface area contributed by atoms with Crippen molar-refractivity contribution in [3.05, 3.63) is 18.2 Å². The molecule has 1 aliphatic rings. The van der Waals surface area contributed by atoms with E-state index in [1.165, 1.54) is 0 Å². The van der Waals surface area contributed by atoms with E-state index in [-0.39, 0.29) is 11.8 Å². The third kappa shape index (κ3) is 3.56. The molecule has 5 nitrogen and oxygen atoms in total. The van der Waals surface area contributed by atoms with Gasteiger partial charge in [0, 0.05) is 30.8 Å². The van der Waals surface area contributed by atoms with Crippen LogP contribution in [-0.2, 0) is 9.59 Å². The minimum atomic E-state index is -0.0786. The lowest BCUT2D eigenvalue weighted by Gasteiger charge is -2.21. The lowest BCUT2D eigenvalue weighted by atomic mass is 10.2. The van der Waals surface area contributed by atoms with Gasteiger partial charge in [0.25, 0.3) is 0 Å². The van der Waals surface area contributed by atoms with Gasteiger partial charge in [-0.25, -0.2) is 0 Å². The van der Waals surface area contributed by atoms with Crippen LogP contribution in [0.5, 0.6) is 5.75 Å². The standard InChI is InChI=1S/C15H19BrN2O3/c1-3-14(19)17-12-5-4-11(21-2)7-13(12)18-9-10(8-16)6-15(18)20/h4-5,7,10H,3,6,8-9H2,1-2H3,(H,17,19). The molecule has 1 aliphatic heterocycles. The summed E-state index contributed by atoms with van der Waals surface area (Å²) in [6, 6.07) is 5.34. The van der Waals surface area contributed by atoms with E-state index in [2.05, 4.69) is 21.2 Å². The Morgan fingerprint density at radius 3 is 2.86 bits per heavy atom. The predicted molar refractivity (Wildman–Crippen MR) is 86.2 cm³/mol. The summed E-state index contributed by atoms with van der Waals surface area (Å²) in [7, 11) is 1.58. The molecule has 1 heterocycles. The highest BCUT2D eigenvalue weighted by molar-refractivity contribution is 9.09. The van der Waals surface area contributed by atoms with Gasteiger partial charge in [-0.15, -0.1) is 0 Å². The fraction of sp³-hybridized carbons (Fsp3) is 0.467. The second kappa shape index (κ2) is 6.93. The van der Waals surface area contributed by atoms with E-state index in [1.54, 1.807) is 37.1 Å². The molecule has 1 aromatic carbocycles. The van der Waals surface area contributed by atoms with E-state index < -0.39 is 0 Å². The van der Waals surface area contributed by atoms with Crippen LogP contribution in [0.3, 0.4) is 0 Å². The Kier molecular flexibility index (Phi) is 5.22. The molecule has 1 unspecified atom stereocenters. The minimum Gasteiger partial charge on any atom is -0.497 e. The Morgan fingerprint density at radius 1 is 1.52 bits per heavy atom. The van der Waals surface area contributed by atoms with Gasteiger partial charge in [0.05, 0.1) is 18.5 Å². The Hall–Kier alpha value is -1.56. The van der Waals surface area contributed by atoms with E-state index in [9.17, 15) is 9.59 Å². The summed E-state index contributed by atoms with van der Waals surface area (Å²) >= 11 is 3.43. The average Bonchev–Trinajstić information content (AvgIpc) is 2.88. The number of rotatable bonds is 5. The quantitative estimate of drug-likeness (QED) is 0.827. The Balaban J connectivity index is 2.35. The van der Waals surface area contributed by atoms with E-state index in [4.69, 9.17) is 4.74 Å². The summed E-state index contributed by atoms with van der Waals surface area (Å²) in [5.41, 5.74) is 1.34. The highest BCUT2D eigenvalue weighted by Crippen LogP contribution is 2.35. The van der Waals surface area contributed by atoms with Gasteiger partial charge in [-0.1, -0.05) is 22.9 Å². The molecule has 2 rings (SSSR count). The van der Waals surface area contributed by atoms with Crippen LogP contribution in [0.1, 0.15) is 19.8 Å². The van der Waals surface area contributed by atoms with Crippen molar-refractivity contribution in [2.75, 3.05) is 29.2 Å². The number of anilines is 2. The second-order valence-electron chi connectivity index (χ2n) is 5.01. The first-order chi connectivity index (χ1) is 10.1. The van der Waals surface area contributed by atoms with E-state index >= 15 is 0 Å². The van der Waals surface area contributed by atoms with E-state index in [0.717, 1.165) is 5.33 Å². The van der Waals surface area contributed by atoms with Gasteiger partial charge in [0.15, 0.2) is 0 Å². The molecule has 0 spiro atoms. The third-order valence-corrected chi connectivity index (χ3v) is 4.43. The number of carbonyl (C=O) groups excluding carboxylic acids is 2. The first-order valence-electron chi connectivity index (χ1n) is 6.93. The fourth-order valence-electron chi connectivity index (χ4n) is 2.32. The van der Waals surface area contributed by atoms with Crippen molar-refractivity contribution >= 4 is 39.1 Å². The number of halogens is 1. The smallest absolute Gasteiger partial charge is 0.227 e. The van der Waals surface area contributed by atoms with Gasteiger partial charge < -0.3 is 15.0 Å². The highest BCUT2D eigenvalue weighted by Gasteiger charge is 2.31. The number of nitrogens with one attached hydrogen (secondary N) is 1. The van der Waals surface area contributed by atoms with Crippen LogP contribution in [0.2, 0.25) is 0 Å². The van der Waals surface area contributed by atoms with Gasteiger partial charge in [-0.2, -0.15) is 0 Å². The maximum Gasteiger partial charge on any atom is 0.227 e. The number of nitrogens with zero attached hydrogens (tertiary/aromatic N) is 1. The highest BCUT2D eigenvalue weighted by atomic mass is 79.9. The normalized spacial score (nSPS) is 18.0. The monoisotopic (exact) mass is 354 g/mol. The zero-order valence-corrected chi connectivity index (χ0v) is 13.8. The van der Waals surface area contributed by atoms with Crippen molar-refractivity contribution in [1.82, 2.24) is 0 Å². The van der Waals surface area contributed by atoms with Gasteiger partial charge in [0.2, 0.25) is 11.8 Å². The number of hydrogen-bond acceptors (Lipinski definition) is 3. The topological polar surface area (TPSA) is 58.6 Å². The van der Waals surface area contributed by atoms with Crippen molar-refractivity contribution in [1.29, 1.82) is 0 Å². The molecule has 1 N–H and O–H groups in total. The number of hydrogen-bond donors (Lipinski definition) is 1. The molecule has 1 fully saturated rings. The molecule has 21 heavy (non-hydrogen) atoms. The number of amides is 2. The summed E-state index contributed by atoms with van der Waals surface area (Å²) in [5, 5.41) is 3.63. The summed E-state index contributed by atoms with van der Waals surface area (Å²) < 4.78 is 5.23. The maximum atomic E-state index is 12.2. The fourth-order valence-corrected chi connectivity index (χ4v) is 2.76. The maximum absolute atomic E-state index is 12.2. The molecule has 0 saturated carbocycles. The summed E-state index contributed by atoms with van der Waals surface area (Å²) in [5.74, 6) is 0.942. The van der Waals surface area contributed by atoms with Gasteiger partial charge >= 0.3 is 0 Å². The molecule has 114 valence electrons. The van der Waals surface area contributed by atoms with Crippen LogP contribution in [-0.4, -0.2) is 30.8 Å². The van der Waals surface area contributed by atoms with Gasteiger partial charge in [-0.05, 0) is 18.1 Å². The molecular formula is C15H19BrN2O3. The molecule has 1 saturated heterocycles. The van der Waals surface area contributed by atoms with Crippen LogP contribution in [0.4, 0.5) is 11.4 Å². The number of methoxy groups -OCH3 is 1. The van der Waals surface area contributed by atoms with Crippen LogP contribution < -0.4 is 15.0 Å². The summed E-state index contributed by atoms with van der Waals surface area (Å²) in [6.45, 7) is 2.44. The largest absolute Gasteiger partial charge is 0.497 e. The van der Waals surface area contributed by atoms with Gasteiger partial charge in [0.1, 0.15) is 5.75 Å². The SMILES string of the molecule is CCC(=O)Nc1ccc(OC)cc1N1CC(CBr)CC1=O. The van der Waals surface area contributed by atoms with Crippen LogP contribution in [0.15, 0.2) is 18.2 Å². The molecule has 2 amide bonds. The average molecular weight is 355 g/mol. The van der Waals surface area contributed by atoms with Gasteiger partial charge in [-0.3, -0.25) is 9.59 Å². The second-order valence-corrected chi connectivity index (χ2v) is 5.66. The number of alkyl halides is 1. The first-order valence-corrected chi connectivity index (χ1v) is 8.05. The molecule has 0 aliphatic carbocycles. The number of carbonyl (C=O) groups is 2. The zero-order valence-electron chi connectivity index (χ0n) is 12.2. The molecule has 6 heteroatoms. The van der Waals surface area contributed by atoms with Crippen LogP contribution >= 0.6 is 15.9 Å². The first kappa shape index (κ1) is 15.8. The zero-order chi connectivity index (χ0) is 15.4. The summed E-state index contributed by atoms with van der Waals surface area (Å²) in [4.78, 5) is 25.6. The Morgan fingerprint density at radius 2 is 2.29 bits per heavy atom. The predicted octanol–water partition coefficient (Wildman–Crippen LogP) is 2.79. The van der Waals surface area contributed by atoms with Crippen LogP contribution in [0.25, 0.3) is 0 Å². The molecule has 0 radical (unpaired) electrons. The molecule has 0 bridgehead atoms. The lowest BCUT2D eigenvalue weighted by molar-refractivity contribution is -0.117. The van der Waals surface area contributed by atoms with Crippen molar-refractivity contribution in [3.63, 3.8) is 0 Å². The molecule has 1 atom stereocenters. The third-order valence-electron chi connectivity index (χ3n) is 3.51. The number of ether oxygens (including phenoxy) is 1. The summed E-state index contributed by atoms with van der Waals surface area (Å²) in [6.07, 6.45) is 0.910.